The van der Waals surface area contributed by atoms with Gasteiger partial charge in [-0.3, -0.25) is 0 Å². The minimum absolute atomic E-state index is 0.296. The fourth-order valence-electron chi connectivity index (χ4n) is 2.57. The van der Waals surface area contributed by atoms with Crippen molar-refractivity contribution in [2.75, 3.05) is 6.61 Å². The highest BCUT2D eigenvalue weighted by Crippen LogP contribution is 2.24. The third-order valence-electron chi connectivity index (χ3n) is 3.92. The quantitative estimate of drug-likeness (QED) is 0.639. The molecule has 0 atom stereocenters. The Morgan fingerprint density at radius 2 is 2.22 bits per heavy atom. The smallest absolute Gasteiger partial charge is 0.407 e. The summed E-state index contributed by atoms with van der Waals surface area (Å²) in [6, 6.07) is 14.9. The van der Waals surface area contributed by atoms with Gasteiger partial charge in [0.05, 0.1) is 18.6 Å². The fourth-order valence-corrected chi connectivity index (χ4v) is 2.57. The number of ether oxygens (including phenoxy) is 1. The molecular formula is C20H20N4O3. The lowest BCUT2D eigenvalue weighted by molar-refractivity contribution is 0.144. The van der Waals surface area contributed by atoms with Crippen molar-refractivity contribution in [1.29, 1.82) is 5.26 Å². The van der Waals surface area contributed by atoms with E-state index in [0.29, 0.717) is 30.3 Å². The molecule has 1 amide bonds. The molecule has 0 radical (unpaired) electrons. The van der Waals surface area contributed by atoms with Gasteiger partial charge >= 0.3 is 6.09 Å². The van der Waals surface area contributed by atoms with E-state index in [0.717, 1.165) is 24.1 Å². The molecule has 0 saturated heterocycles. The lowest BCUT2D eigenvalue weighted by Gasteiger charge is -2.09. The SMILES string of the molecule is CCCCOC(=O)NCc1cccc(-n2nc(C#N)cc2-c2ccco2)c1. The Hall–Kier alpha value is -3.53. The largest absolute Gasteiger partial charge is 0.463 e. The van der Waals surface area contributed by atoms with Gasteiger partial charge in [-0.2, -0.15) is 10.4 Å². The van der Waals surface area contributed by atoms with Gasteiger partial charge in [0.2, 0.25) is 0 Å². The van der Waals surface area contributed by atoms with Crippen LogP contribution in [0.25, 0.3) is 17.1 Å². The third-order valence-corrected chi connectivity index (χ3v) is 3.92. The summed E-state index contributed by atoms with van der Waals surface area (Å²) in [5, 5.41) is 16.2. The van der Waals surface area contributed by atoms with Gasteiger partial charge in [-0.05, 0) is 36.2 Å². The van der Waals surface area contributed by atoms with E-state index in [2.05, 4.69) is 16.5 Å². The van der Waals surface area contributed by atoms with E-state index >= 15 is 0 Å². The van der Waals surface area contributed by atoms with Crippen LogP contribution in [0.4, 0.5) is 4.79 Å². The standard InChI is InChI=1S/C20H20N4O3/c1-2-3-9-27-20(25)22-14-15-6-4-7-17(11-15)24-18(12-16(13-21)23-24)19-8-5-10-26-19/h4-8,10-12H,2-3,9,14H2,1H3,(H,22,25). The maximum absolute atomic E-state index is 11.7. The van der Waals surface area contributed by atoms with E-state index in [1.165, 1.54) is 0 Å². The highest BCUT2D eigenvalue weighted by molar-refractivity contribution is 5.67. The van der Waals surface area contributed by atoms with Gasteiger partial charge in [-0.25, -0.2) is 9.48 Å². The van der Waals surface area contributed by atoms with Gasteiger partial charge in [-0.15, -0.1) is 0 Å². The highest BCUT2D eigenvalue weighted by atomic mass is 16.5. The van der Waals surface area contributed by atoms with Gasteiger partial charge in [0.25, 0.3) is 0 Å². The van der Waals surface area contributed by atoms with Gasteiger partial charge in [0.15, 0.2) is 11.5 Å². The Morgan fingerprint density at radius 1 is 1.33 bits per heavy atom. The number of hydrogen-bond acceptors (Lipinski definition) is 5. The van der Waals surface area contributed by atoms with Crippen LogP contribution in [0.5, 0.6) is 0 Å². The van der Waals surface area contributed by atoms with Gasteiger partial charge in [0, 0.05) is 12.6 Å². The Labute approximate surface area is 157 Å². The first-order valence-corrected chi connectivity index (χ1v) is 8.75. The molecule has 0 bridgehead atoms. The number of hydrogen-bond donors (Lipinski definition) is 1. The lowest BCUT2D eigenvalue weighted by Crippen LogP contribution is -2.24. The number of nitrogens with one attached hydrogen (secondary N) is 1. The van der Waals surface area contributed by atoms with E-state index in [1.54, 1.807) is 23.1 Å². The molecule has 3 rings (SSSR count). The molecule has 0 saturated carbocycles. The van der Waals surface area contributed by atoms with Crippen molar-refractivity contribution in [3.8, 4) is 23.2 Å². The van der Waals surface area contributed by atoms with Crippen LogP contribution >= 0.6 is 0 Å². The first-order chi connectivity index (χ1) is 13.2. The van der Waals surface area contributed by atoms with Crippen LogP contribution < -0.4 is 5.32 Å². The Balaban J connectivity index is 1.77. The summed E-state index contributed by atoms with van der Waals surface area (Å²) in [5.41, 5.74) is 2.63. The predicted molar refractivity (Wildman–Crippen MR) is 99.1 cm³/mol. The summed E-state index contributed by atoms with van der Waals surface area (Å²) in [4.78, 5) is 11.7. The average molecular weight is 364 g/mol. The summed E-state index contributed by atoms with van der Waals surface area (Å²) < 4.78 is 12.2. The van der Waals surface area contributed by atoms with Crippen LogP contribution in [0, 0.1) is 11.3 Å². The molecule has 2 heterocycles. The Kier molecular flexibility index (Phi) is 5.90. The topological polar surface area (TPSA) is 93.1 Å². The minimum Gasteiger partial charge on any atom is -0.463 e. The number of carbonyl (C=O) groups excluding carboxylic acids is 1. The van der Waals surface area contributed by atoms with E-state index in [1.807, 2.05) is 37.3 Å². The van der Waals surface area contributed by atoms with Crippen LogP contribution in [0.1, 0.15) is 31.0 Å². The molecule has 138 valence electrons. The van der Waals surface area contributed by atoms with Crippen LogP contribution in [-0.2, 0) is 11.3 Å². The number of amides is 1. The number of carbonyl (C=O) groups is 1. The number of rotatable bonds is 7. The van der Waals surface area contributed by atoms with Gasteiger partial charge in [0.1, 0.15) is 11.8 Å². The molecule has 7 nitrogen and oxygen atoms in total. The fraction of sp³-hybridized carbons (Fsp3) is 0.250. The molecule has 3 aromatic rings. The average Bonchev–Trinajstić information content (AvgIpc) is 3.36. The second kappa shape index (κ2) is 8.72. The molecule has 7 heteroatoms. The zero-order chi connectivity index (χ0) is 19.1. The molecular weight excluding hydrogens is 344 g/mol. The summed E-state index contributed by atoms with van der Waals surface area (Å²) in [6.45, 7) is 2.79. The number of nitrogens with zero attached hydrogens (tertiary/aromatic N) is 3. The maximum atomic E-state index is 11.7. The van der Waals surface area contributed by atoms with Crippen molar-refractivity contribution >= 4 is 6.09 Å². The highest BCUT2D eigenvalue weighted by Gasteiger charge is 2.14. The van der Waals surface area contributed by atoms with Gasteiger partial charge < -0.3 is 14.5 Å². The van der Waals surface area contributed by atoms with Crippen LogP contribution in [0.2, 0.25) is 0 Å². The zero-order valence-electron chi connectivity index (χ0n) is 15.0. The number of nitriles is 1. The number of furan rings is 1. The summed E-state index contributed by atoms with van der Waals surface area (Å²) in [5.74, 6) is 0.618. The number of benzene rings is 1. The lowest BCUT2D eigenvalue weighted by atomic mass is 10.2. The van der Waals surface area contributed by atoms with Crippen molar-refractivity contribution in [1.82, 2.24) is 15.1 Å². The second-order valence-corrected chi connectivity index (χ2v) is 5.93. The maximum Gasteiger partial charge on any atom is 0.407 e. The number of aromatic nitrogens is 2. The second-order valence-electron chi connectivity index (χ2n) is 5.93. The molecule has 1 N–H and O–H groups in total. The zero-order valence-corrected chi connectivity index (χ0v) is 15.0. The summed E-state index contributed by atoms with van der Waals surface area (Å²) >= 11 is 0. The van der Waals surface area contributed by atoms with E-state index in [4.69, 9.17) is 9.15 Å². The molecule has 0 fully saturated rings. The monoisotopic (exact) mass is 364 g/mol. The molecule has 0 unspecified atom stereocenters. The van der Waals surface area contributed by atoms with E-state index < -0.39 is 6.09 Å². The van der Waals surface area contributed by atoms with Crippen LogP contribution in [-0.4, -0.2) is 22.5 Å². The molecule has 0 aliphatic heterocycles. The van der Waals surface area contributed by atoms with Crippen molar-refractivity contribution in [2.45, 2.75) is 26.3 Å². The molecule has 1 aromatic carbocycles. The van der Waals surface area contributed by atoms with E-state index in [9.17, 15) is 10.1 Å². The minimum atomic E-state index is -0.434. The Bertz CT molecular complexity index is 939. The number of alkyl carbamates (subject to hydrolysis) is 1. The summed E-state index contributed by atoms with van der Waals surface area (Å²) in [6.07, 6.45) is 2.96. The first-order valence-electron chi connectivity index (χ1n) is 8.75. The van der Waals surface area contributed by atoms with Gasteiger partial charge in [-0.1, -0.05) is 25.5 Å². The number of unbranched alkanes of at least 4 members (excludes halogenated alkanes) is 1. The van der Waals surface area contributed by atoms with E-state index in [-0.39, 0.29) is 0 Å². The Morgan fingerprint density at radius 3 is 2.96 bits per heavy atom. The van der Waals surface area contributed by atoms with Crippen molar-refractivity contribution in [2.24, 2.45) is 0 Å². The molecule has 0 aliphatic carbocycles. The van der Waals surface area contributed by atoms with Crippen LogP contribution in [0.3, 0.4) is 0 Å². The van der Waals surface area contributed by atoms with Crippen LogP contribution in [0.15, 0.2) is 53.1 Å². The molecule has 0 aliphatic rings. The summed E-state index contributed by atoms with van der Waals surface area (Å²) in [7, 11) is 0. The normalized spacial score (nSPS) is 10.4. The van der Waals surface area contributed by atoms with Crippen molar-refractivity contribution < 1.29 is 13.9 Å². The molecule has 27 heavy (non-hydrogen) atoms. The third kappa shape index (κ3) is 4.55. The first kappa shape index (κ1) is 18.3. The molecule has 0 spiro atoms. The van der Waals surface area contributed by atoms with Crippen molar-refractivity contribution in [3.05, 3.63) is 60.0 Å². The predicted octanol–water partition coefficient (Wildman–Crippen LogP) is 4.03. The molecule has 2 aromatic heterocycles. The van der Waals surface area contributed by atoms with Crippen molar-refractivity contribution in [3.63, 3.8) is 0 Å².